The van der Waals surface area contributed by atoms with Gasteiger partial charge in [0.2, 0.25) is 24.1 Å². The zero-order chi connectivity index (χ0) is 31.6. The predicted molar refractivity (Wildman–Crippen MR) is 166 cm³/mol. The van der Waals surface area contributed by atoms with E-state index in [-0.39, 0.29) is 77.8 Å². The van der Waals surface area contributed by atoms with Crippen LogP contribution in [0.25, 0.3) is 0 Å². The molecule has 0 aliphatic rings. The largest absolute Gasteiger partial charge is 0.396 e. The highest BCUT2D eigenvalue weighted by Gasteiger charge is 2.30. The predicted octanol–water partition coefficient (Wildman–Crippen LogP) is 4.31. The normalized spacial score (nSPS) is 15.2. The molecule has 0 aromatic rings. The number of thiol groups is 1. The minimum atomic E-state index is -0.727. The van der Waals surface area contributed by atoms with E-state index in [1.54, 1.807) is 0 Å². The molecule has 0 radical (unpaired) electrons. The third kappa shape index (κ3) is 15.2. The maximum absolute atomic E-state index is 12.6. The van der Waals surface area contributed by atoms with Crippen molar-refractivity contribution in [3.05, 3.63) is 0 Å². The van der Waals surface area contributed by atoms with E-state index in [9.17, 15) is 24.0 Å². The summed E-state index contributed by atoms with van der Waals surface area (Å²) in [7, 11) is 0. The third-order valence-corrected chi connectivity index (χ3v) is 9.91. The van der Waals surface area contributed by atoms with Gasteiger partial charge in [0.1, 0.15) is 0 Å². The molecule has 0 aromatic heterocycles. The number of hydrogen-bond acceptors (Lipinski definition) is 7. The van der Waals surface area contributed by atoms with Crippen LogP contribution < -0.4 is 10.6 Å². The number of carbonyl (C=O) groups excluding carboxylic acids is 5. The number of carbonyl (C=O) groups is 5. The van der Waals surface area contributed by atoms with E-state index in [1.807, 2.05) is 13.8 Å². The van der Waals surface area contributed by atoms with E-state index < -0.39 is 6.04 Å². The zero-order valence-corrected chi connectivity index (χ0v) is 27.4. The average Bonchev–Trinajstić information content (AvgIpc) is 2.94. The Bertz CT molecular complexity index is 820. The third-order valence-electron chi connectivity index (χ3n) is 8.89. The van der Waals surface area contributed by atoms with Crippen molar-refractivity contribution in [2.24, 2.45) is 23.2 Å². The molecule has 0 aliphatic carbocycles. The van der Waals surface area contributed by atoms with Gasteiger partial charge in [-0.1, -0.05) is 60.8 Å². The Kier molecular flexibility index (Phi) is 19.9. The van der Waals surface area contributed by atoms with E-state index in [0.717, 1.165) is 12.8 Å². The molecule has 41 heavy (non-hydrogen) atoms. The molecular formula is C31H57N3O6S. The number of unbranched alkanes of at least 4 members (excludes halogenated alkanes) is 2. The molecule has 0 rings (SSSR count). The molecule has 0 heterocycles. The maximum atomic E-state index is 12.6. The van der Waals surface area contributed by atoms with E-state index in [0.29, 0.717) is 51.6 Å². The Hall–Kier alpha value is -1.94. The van der Waals surface area contributed by atoms with Crippen LogP contribution in [0.1, 0.15) is 113 Å². The lowest BCUT2D eigenvalue weighted by molar-refractivity contribution is -0.139. The molecule has 0 saturated heterocycles. The molecule has 0 spiro atoms. The number of ketones is 1. The lowest BCUT2D eigenvalue weighted by atomic mass is 9.72. The Morgan fingerprint density at radius 2 is 1.59 bits per heavy atom. The number of aliphatic hydroxyl groups is 1. The summed E-state index contributed by atoms with van der Waals surface area (Å²) in [6.07, 6.45) is 5.92. The van der Waals surface area contributed by atoms with Crippen molar-refractivity contribution in [3.63, 3.8) is 0 Å². The maximum Gasteiger partial charge on any atom is 0.229 e. The van der Waals surface area contributed by atoms with E-state index >= 15 is 0 Å². The summed E-state index contributed by atoms with van der Waals surface area (Å²) in [5, 5.41) is 14.8. The van der Waals surface area contributed by atoms with Gasteiger partial charge in [-0.25, -0.2) is 0 Å². The van der Waals surface area contributed by atoms with E-state index in [1.165, 1.54) is 11.8 Å². The molecule has 10 heteroatoms. The number of hydrogen-bond donors (Lipinski definition) is 4. The van der Waals surface area contributed by atoms with Gasteiger partial charge in [0.15, 0.2) is 5.78 Å². The summed E-state index contributed by atoms with van der Waals surface area (Å²) in [5.74, 6) is -0.309. The highest BCUT2D eigenvalue weighted by Crippen LogP contribution is 2.36. The number of amides is 4. The molecule has 0 bridgehead atoms. The average molecular weight is 600 g/mol. The smallest absolute Gasteiger partial charge is 0.229 e. The van der Waals surface area contributed by atoms with Crippen LogP contribution in [-0.2, 0) is 24.0 Å². The van der Waals surface area contributed by atoms with E-state index in [2.05, 4.69) is 51.0 Å². The topological polar surface area (TPSA) is 133 Å². The molecule has 0 aromatic carbocycles. The van der Waals surface area contributed by atoms with Gasteiger partial charge in [0.05, 0.1) is 6.04 Å². The summed E-state index contributed by atoms with van der Waals surface area (Å²) >= 11 is 4.61. The van der Waals surface area contributed by atoms with Gasteiger partial charge >= 0.3 is 0 Å². The van der Waals surface area contributed by atoms with Crippen LogP contribution in [0.2, 0.25) is 0 Å². The highest BCUT2D eigenvalue weighted by molar-refractivity contribution is 7.81. The monoisotopic (exact) mass is 599 g/mol. The minimum absolute atomic E-state index is 0.0420. The standard InChI is InChI=1S/C31H57N3O6S/c1-8-31(7,9-2)24(5)19-29(40)34(21-36)17-12-10-11-13-28(39)33-26(25(6)37)14-15-27(38)32-20-23(4)30(41)22(3)16-18-35/h21-24,26,30,35,41H,8-20H2,1-7H3,(H,32,38)(H,33,39)/t22?,23?,24?,26-,30?/m0/s1. The first kappa shape index (κ1) is 39.1. The second-order valence-electron chi connectivity index (χ2n) is 12.0. The SMILES string of the molecule is CCC(C)(CC)C(C)CC(=O)N(C=O)CCCCCC(=O)N[C@@H](CCC(=O)NCC(C)C(S)C(C)CCO)C(C)=O. The number of nitrogens with one attached hydrogen (secondary N) is 2. The van der Waals surface area contributed by atoms with Crippen molar-refractivity contribution in [1.82, 2.24) is 15.5 Å². The molecule has 0 saturated carbocycles. The highest BCUT2D eigenvalue weighted by atomic mass is 32.1. The van der Waals surface area contributed by atoms with Crippen molar-refractivity contribution < 1.29 is 29.1 Å². The van der Waals surface area contributed by atoms with Crippen LogP contribution >= 0.6 is 12.6 Å². The molecule has 9 nitrogen and oxygen atoms in total. The van der Waals surface area contributed by atoms with Gasteiger partial charge in [-0.05, 0) is 55.8 Å². The minimum Gasteiger partial charge on any atom is -0.396 e. The second-order valence-corrected chi connectivity index (χ2v) is 12.6. The first-order valence-electron chi connectivity index (χ1n) is 15.4. The number of nitrogens with zero attached hydrogens (tertiary/aromatic N) is 1. The van der Waals surface area contributed by atoms with Gasteiger partial charge in [0, 0.05) is 44.2 Å². The first-order valence-corrected chi connectivity index (χ1v) is 15.9. The van der Waals surface area contributed by atoms with Gasteiger partial charge in [-0.3, -0.25) is 28.9 Å². The fraction of sp³-hybridized carbons (Fsp3) is 0.839. The van der Waals surface area contributed by atoms with Crippen LogP contribution in [-0.4, -0.2) is 70.9 Å². The lowest BCUT2D eigenvalue weighted by Crippen LogP contribution is -2.41. The van der Waals surface area contributed by atoms with Crippen molar-refractivity contribution in [1.29, 1.82) is 0 Å². The van der Waals surface area contributed by atoms with Crippen LogP contribution in [0.5, 0.6) is 0 Å². The van der Waals surface area contributed by atoms with Crippen molar-refractivity contribution in [2.45, 2.75) is 124 Å². The molecule has 5 atom stereocenters. The van der Waals surface area contributed by atoms with E-state index in [4.69, 9.17) is 5.11 Å². The van der Waals surface area contributed by atoms with Gasteiger partial charge in [-0.2, -0.15) is 12.6 Å². The second kappa shape index (κ2) is 20.9. The quantitative estimate of drug-likeness (QED) is 0.0786. The van der Waals surface area contributed by atoms with Crippen molar-refractivity contribution in [3.8, 4) is 0 Å². The Morgan fingerprint density at radius 3 is 2.12 bits per heavy atom. The molecule has 4 amide bonds. The molecular weight excluding hydrogens is 542 g/mol. The summed E-state index contributed by atoms with van der Waals surface area (Å²) in [6.45, 7) is 14.8. The van der Waals surface area contributed by atoms with Crippen molar-refractivity contribution >= 4 is 42.5 Å². The fourth-order valence-corrected chi connectivity index (χ4v) is 5.15. The molecule has 0 fully saturated rings. The summed E-state index contributed by atoms with van der Waals surface area (Å²) < 4.78 is 0. The van der Waals surface area contributed by atoms with Gasteiger partial charge in [-0.15, -0.1) is 0 Å². The Labute approximate surface area is 253 Å². The summed E-state index contributed by atoms with van der Waals surface area (Å²) in [5.41, 5.74) is 0.0628. The molecule has 0 aliphatic heterocycles. The van der Waals surface area contributed by atoms with Gasteiger partial charge in [0.25, 0.3) is 0 Å². The molecule has 4 unspecified atom stereocenters. The van der Waals surface area contributed by atoms with Crippen LogP contribution in [0.4, 0.5) is 0 Å². The molecule has 3 N–H and O–H groups in total. The van der Waals surface area contributed by atoms with Crippen molar-refractivity contribution in [2.75, 3.05) is 19.7 Å². The Morgan fingerprint density at radius 1 is 0.951 bits per heavy atom. The summed E-state index contributed by atoms with van der Waals surface area (Å²) in [6, 6.07) is -0.727. The first-order chi connectivity index (χ1) is 19.3. The number of imide groups is 1. The zero-order valence-electron chi connectivity index (χ0n) is 26.5. The summed E-state index contributed by atoms with van der Waals surface area (Å²) in [4.78, 5) is 62.2. The van der Waals surface area contributed by atoms with Crippen LogP contribution in [0.3, 0.4) is 0 Å². The number of rotatable bonds is 23. The molecule has 238 valence electrons. The number of Topliss-reactive ketones (excluding diaryl/α,β-unsaturated/α-hetero) is 1. The Balaban J connectivity index is 4.46. The lowest BCUT2D eigenvalue weighted by Gasteiger charge is -2.34. The number of aliphatic hydroxyl groups excluding tert-OH is 1. The van der Waals surface area contributed by atoms with Gasteiger partial charge < -0.3 is 15.7 Å². The van der Waals surface area contributed by atoms with Crippen LogP contribution in [0, 0.1) is 23.2 Å². The fourth-order valence-electron chi connectivity index (χ4n) is 4.89. The van der Waals surface area contributed by atoms with Crippen LogP contribution in [0.15, 0.2) is 0 Å².